The Morgan fingerprint density at radius 1 is 0.893 bits per heavy atom. The zero-order chi connectivity index (χ0) is 19.6. The van der Waals surface area contributed by atoms with Crippen LogP contribution in [0.4, 0.5) is 0 Å². The third-order valence-electron chi connectivity index (χ3n) is 3.71. The van der Waals surface area contributed by atoms with Crippen LogP contribution in [0.3, 0.4) is 0 Å². The predicted octanol–water partition coefficient (Wildman–Crippen LogP) is 4.45. The Bertz CT molecular complexity index is 911. The lowest BCUT2D eigenvalue weighted by molar-refractivity contribution is -0.123. The van der Waals surface area contributed by atoms with Crippen LogP contribution in [0.1, 0.15) is 11.1 Å². The van der Waals surface area contributed by atoms with Crippen molar-refractivity contribution in [2.45, 2.75) is 6.61 Å². The number of carbonyl (C=O) groups excluding carboxylic acids is 1. The third kappa shape index (κ3) is 6.45. The number of hydrogen-bond donors (Lipinski definition) is 1. The maximum atomic E-state index is 11.8. The molecule has 0 saturated heterocycles. The zero-order valence-corrected chi connectivity index (χ0v) is 15.8. The lowest BCUT2D eigenvalue weighted by Gasteiger charge is -2.06. The molecule has 6 heteroatoms. The Morgan fingerprint density at radius 2 is 1.54 bits per heavy atom. The number of carbonyl (C=O) groups is 1. The summed E-state index contributed by atoms with van der Waals surface area (Å²) in [6.07, 6.45) is 1.56. The van der Waals surface area contributed by atoms with Crippen LogP contribution in [0.5, 0.6) is 11.5 Å². The van der Waals surface area contributed by atoms with Crippen LogP contribution in [-0.2, 0) is 11.4 Å². The van der Waals surface area contributed by atoms with E-state index in [0.29, 0.717) is 17.4 Å². The number of halogens is 1. The minimum atomic E-state index is -0.353. The molecule has 5 nitrogen and oxygen atoms in total. The minimum absolute atomic E-state index is 0.134. The van der Waals surface area contributed by atoms with E-state index in [0.717, 1.165) is 16.9 Å². The molecule has 0 spiro atoms. The zero-order valence-electron chi connectivity index (χ0n) is 15.0. The first-order chi connectivity index (χ1) is 13.7. The van der Waals surface area contributed by atoms with Crippen molar-refractivity contribution in [3.63, 3.8) is 0 Å². The van der Waals surface area contributed by atoms with Crippen molar-refractivity contribution in [2.24, 2.45) is 5.10 Å². The van der Waals surface area contributed by atoms with E-state index >= 15 is 0 Å². The number of hydrogen-bond acceptors (Lipinski definition) is 4. The molecule has 0 atom stereocenters. The van der Waals surface area contributed by atoms with E-state index < -0.39 is 0 Å². The predicted molar refractivity (Wildman–Crippen MR) is 110 cm³/mol. The minimum Gasteiger partial charge on any atom is -0.489 e. The van der Waals surface area contributed by atoms with Crippen molar-refractivity contribution in [2.75, 3.05) is 6.61 Å². The molecule has 0 radical (unpaired) electrons. The summed E-state index contributed by atoms with van der Waals surface area (Å²) in [7, 11) is 0. The number of amides is 1. The SMILES string of the molecule is O=C(COc1ccc(Cl)cc1)N/N=C\c1ccc(OCc2ccccc2)cc1. The molecule has 0 unspecified atom stereocenters. The van der Waals surface area contributed by atoms with Crippen molar-refractivity contribution in [1.29, 1.82) is 0 Å². The van der Waals surface area contributed by atoms with Crippen molar-refractivity contribution < 1.29 is 14.3 Å². The van der Waals surface area contributed by atoms with Gasteiger partial charge in [0.2, 0.25) is 0 Å². The summed E-state index contributed by atoms with van der Waals surface area (Å²) in [4.78, 5) is 11.8. The molecule has 0 aliphatic heterocycles. The van der Waals surface area contributed by atoms with Gasteiger partial charge in [0.1, 0.15) is 18.1 Å². The number of ether oxygens (including phenoxy) is 2. The Morgan fingerprint density at radius 3 is 2.25 bits per heavy atom. The molecule has 3 aromatic rings. The second kappa shape index (κ2) is 10.1. The molecule has 3 aromatic carbocycles. The van der Waals surface area contributed by atoms with Crippen LogP contribution < -0.4 is 14.9 Å². The van der Waals surface area contributed by atoms with E-state index in [1.54, 1.807) is 30.5 Å². The quantitative estimate of drug-likeness (QED) is 0.453. The van der Waals surface area contributed by atoms with Gasteiger partial charge in [0.05, 0.1) is 6.21 Å². The van der Waals surface area contributed by atoms with Gasteiger partial charge in [-0.1, -0.05) is 41.9 Å². The van der Waals surface area contributed by atoms with E-state index in [1.165, 1.54) is 0 Å². The average Bonchev–Trinajstić information content (AvgIpc) is 2.73. The number of rotatable bonds is 8. The summed E-state index contributed by atoms with van der Waals surface area (Å²) < 4.78 is 11.1. The molecule has 0 aromatic heterocycles. The maximum Gasteiger partial charge on any atom is 0.277 e. The smallest absolute Gasteiger partial charge is 0.277 e. The van der Waals surface area contributed by atoms with Gasteiger partial charge in [0, 0.05) is 5.02 Å². The topological polar surface area (TPSA) is 59.9 Å². The summed E-state index contributed by atoms with van der Waals surface area (Å²) in [6, 6.07) is 24.2. The Labute approximate surface area is 168 Å². The van der Waals surface area contributed by atoms with Crippen LogP contribution in [0.25, 0.3) is 0 Å². The molecule has 0 fully saturated rings. The van der Waals surface area contributed by atoms with Crippen LogP contribution in [0.15, 0.2) is 84.0 Å². The van der Waals surface area contributed by atoms with Crippen molar-refractivity contribution >= 4 is 23.7 Å². The number of benzene rings is 3. The summed E-state index contributed by atoms with van der Waals surface area (Å²) in [5.41, 5.74) is 4.37. The van der Waals surface area contributed by atoms with E-state index in [9.17, 15) is 4.79 Å². The molecule has 0 heterocycles. The first-order valence-corrected chi connectivity index (χ1v) is 9.04. The van der Waals surface area contributed by atoms with Crippen LogP contribution in [0, 0.1) is 0 Å². The highest BCUT2D eigenvalue weighted by Crippen LogP contribution is 2.15. The number of nitrogens with zero attached hydrogens (tertiary/aromatic N) is 1. The van der Waals surface area contributed by atoms with E-state index in [-0.39, 0.29) is 12.5 Å². The van der Waals surface area contributed by atoms with Crippen molar-refractivity contribution in [1.82, 2.24) is 5.43 Å². The summed E-state index contributed by atoms with van der Waals surface area (Å²) >= 11 is 5.79. The van der Waals surface area contributed by atoms with Gasteiger partial charge in [-0.2, -0.15) is 5.10 Å². The Balaban J connectivity index is 1.41. The van der Waals surface area contributed by atoms with Gasteiger partial charge in [-0.15, -0.1) is 0 Å². The van der Waals surface area contributed by atoms with Crippen LogP contribution in [0.2, 0.25) is 5.02 Å². The van der Waals surface area contributed by atoms with Gasteiger partial charge < -0.3 is 9.47 Å². The van der Waals surface area contributed by atoms with Gasteiger partial charge in [-0.3, -0.25) is 4.79 Å². The molecule has 0 aliphatic carbocycles. The molecule has 0 aliphatic rings. The third-order valence-corrected chi connectivity index (χ3v) is 3.97. The fourth-order valence-electron chi connectivity index (χ4n) is 2.28. The van der Waals surface area contributed by atoms with Crippen LogP contribution >= 0.6 is 11.6 Å². The largest absolute Gasteiger partial charge is 0.489 e. The molecule has 1 N–H and O–H groups in total. The first-order valence-electron chi connectivity index (χ1n) is 8.66. The fraction of sp³-hybridized carbons (Fsp3) is 0.0909. The van der Waals surface area contributed by atoms with Gasteiger partial charge in [0.25, 0.3) is 5.91 Å². The normalized spacial score (nSPS) is 10.6. The lowest BCUT2D eigenvalue weighted by Crippen LogP contribution is -2.24. The average molecular weight is 395 g/mol. The molecule has 3 rings (SSSR count). The molecule has 142 valence electrons. The van der Waals surface area contributed by atoms with E-state index in [1.807, 2.05) is 54.6 Å². The summed E-state index contributed by atoms with van der Waals surface area (Å²) in [6.45, 7) is 0.378. The second-order valence-corrected chi connectivity index (χ2v) is 6.32. The Hall–Kier alpha value is -3.31. The monoisotopic (exact) mass is 394 g/mol. The van der Waals surface area contributed by atoms with Crippen molar-refractivity contribution in [3.05, 3.63) is 95.0 Å². The standard InChI is InChI=1S/C22H19ClN2O3/c23-19-8-12-21(13-9-19)28-16-22(26)25-24-14-17-6-10-20(11-7-17)27-15-18-4-2-1-3-5-18/h1-14H,15-16H2,(H,25,26)/b24-14-. The molecular formula is C22H19ClN2O3. The lowest BCUT2D eigenvalue weighted by atomic mass is 10.2. The highest BCUT2D eigenvalue weighted by atomic mass is 35.5. The maximum absolute atomic E-state index is 11.8. The fourth-order valence-corrected chi connectivity index (χ4v) is 2.41. The van der Waals surface area contributed by atoms with Gasteiger partial charge in [-0.05, 0) is 59.7 Å². The first kappa shape index (κ1) is 19.5. The van der Waals surface area contributed by atoms with Gasteiger partial charge in [-0.25, -0.2) is 5.43 Å². The van der Waals surface area contributed by atoms with Gasteiger partial charge in [0.15, 0.2) is 6.61 Å². The number of hydrazone groups is 1. The highest BCUT2D eigenvalue weighted by Gasteiger charge is 2.01. The molecule has 0 bridgehead atoms. The Kier molecular flexibility index (Phi) is 7.04. The van der Waals surface area contributed by atoms with Crippen molar-refractivity contribution in [3.8, 4) is 11.5 Å². The van der Waals surface area contributed by atoms with E-state index in [4.69, 9.17) is 21.1 Å². The molecule has 1 amide bonds. The molecule has 28 heavy (non-hydrogen) atoms. The summed E-state index contributed by atoms with van der Waals surface area (Å²) in [5.74, 6) is 0.977. The van der Waals surface area contributed by atoms with Gasteiger partial charge >= 0.3 is 0 Å². The summed E-state index contributed by atoms with van der Waals surface area (Å²) in [5, 5.41) is 4.53. The van der Waals surface area contributed by atoms with Crippen LogP contribution in [-0.4, -0.2) is 18.7 Å². The second-order valence-electron chi connectivity index (χ2n) is 5.88. The number of nitrogens with one attached hydrogen (secondary N) is 1. The van der Waals surface area contributed by atoms with E-state index in [2.05, 4.69) is 10.5 Å². The highest BCUT2D eigenvalue weighted by molar-refractivity contribution is 6.30. The molecular weight excluding hydrogens is 376 g/mol. The molecule has 0 saturated carbocycles.